The summed E-state index contributed by atoms with van der Waals surface area (Å²) >= 11 is 0. The van der Waals surface area contributed by atoms with Gasteiger partial charge in [-0.25, -0.2) is 13.6 Å². The fraction of sp³-hybridized carbons (Fsp3) is 0.417. The zero-order valence-electron chi connectivity index (χ0n) is 9.63. The quantitative estimate of drug-likeness (QED) is 0.598. The van der Waals surface area contributed by atoms with Gasteiger partial charge in [0.05, 0.1) is 11.2 Å². The predicted molar refractivity (Wildman–Crippen MR) is 59.7 cm³/mol. The van der Waals surface area contributed by atoms with Gasteiger partial charge in [-0.2, -0.15) is 4.99 Å². The second kappa shape index (κ2) is 3.93. The Morgan fingerprint density at radius 1 is 1.35 bits per heavy atom. The van der Waals surface area contributed by atoms with E-state index in [9.17, 15) is 13.6 Å². The van der Waals surface area contributed by atoms with Gasteiger partial charge in [0.15, 0.2) is 11.6 Å². The molecule has 0 atom stereocenters. The molecule has 1 aromatic rings. The molecule has 90 valence electrons. The van der Waals surface area contributed by atoms with Crippen LogP contribution in [0.2, 0.25) is 0 Å². The van der Waals surface area contributed by atoms with E-state index in [1.54, 1.807) is 14.1 Å². The molecule has 0 aromatic heterocycles. The molecule has 0 bridgehead atoms. The minimum absolute atomic E-state index is 0.160. The van der Waals surface area contributed by atoms with Gasteiger partial charge in [0.2, 0.25) is 6.08 Å². The third-order valence-corrected chi connectivity index (χ3v) is 3.01. The number of carbonyl (C=O) groups excluding carboxylic acids is 1. The zero-order valence-corrected chi connectivity index (χ0v) is 9.63. The summed E-state index contributed by atoms with van der Waals surface area (Å²) in [5.41, 5.74) is 0.0111. The van der Waals surface area contributed by atoms with Crippen molar-refractivity contribution in [3.05, 3.63) is 29.3 Å². The molecule has 1 aliphatic carbocycles. The Labute approximate surface area is 97.8 Å². The lowest BCUT2D eigenvalue weighted by molar-refractivity contribution is 0.504. The highest BCUT2D eigenvalue weighted by molar-refractivity contribution is 5.53. The molecule has 1 fully saturated rings. The van der Waals surface area contributed by atoms with Crippen LogP contribution in [0.25, 0.3) is 0 Å². The van der Waals surface area contributed by atoms with E-state index in [2.05, 4.69) is 4.99 Å². The molecule has 0 saturated heterocycles. The van der Waals surface area contributed by atoms with E-state index in [1.165, 1.54) is 17.0 Å². The second-order valence-electron chi connectivity index (χ2n) is 4.42. The van der Waals surface area contributed by atoms with Crippen LogP contribution < -0.4 is 4.90 Å². The molecule has 5 heteroatoms. The molecule has 17 heavy (non-hydrogen) atoms. The van der Waals surface area contributed by atoms with Gasteiger partial charge in [-0.3, -0.25) is 0 Å². The first-order valence-electron chi connectivity index (χ1n) is 5.26. The third-order valence-electron chi connectivity index (χ3n) is 3.01. The van der Waals surface area contributed by atoms with Crippen LogP contribution in [0.1, 0.15) is 18.4 Å². The number of hydrogen-bond donors (Lipinski definition) is 0. The Morgan fingerprint density at radius 3 is 2.47 bits per heavy atom. The van der Waals surface area contributed by atoms with Crippen LogP contribution in [0.5, 0.6) is 0 Å². The number of halogens is 2. The molecule has 0 N–H and O–H groups in total. The molecule has 0 heterocycles. The summed E-state index contributed by atoms with van der Waals surface area (Å²) in [6.07, 6.45) is 2.83. The van der Waals surface area contributed by atoms with Crippen LogP contribution in [0.3, 0.4) is 0 Å². The maximum atomic E-state index is 13.5. The van der Waals surface area contributed by atoms with Crippen molar-refractivity contribution in [1.29, 1.82) is 0 Å². The first kappa shape index (κ1) is 11.7. The summed E-state index contributed by atoms with van der Waals surface area (Å²) in [5.74, 6) is -1.80. The van der Waals surface area contributed by atoms with Crippen LogP contribution in [0, 0.1) is 11.6 Å². The molecule has 1 saturated carbocycles. The molecule has 0 spiro atoms. The number of nitrogens with zero attached hydrogens (tertiary/aromatic N) is 2. The highest BCUT2D eigenvalue weighted by Crippen LogP contribution is 2.50. The lowest BCUT2D eigenvalue weighted by Gasteiger charge is -2.17. The van der Waals surface area contributed by atoms with Gasteiger partial charge in [-0.05, 0) is 30.5 Å². The Kier molecular flexibility index (Phi) is 2.71. The SMILES string of the molecule is CN(C)c1cc(C2(N=C=O)CC2)cc(F)c1F. The van der Waals surface area contributed by atoms with E-state index in [4.69, 9.17) is 0 Å². The number of rotatable bonds is 3. The van der Waals surface area contributed by atoms with Gasteiger partial charge in [0.25, 0.3) is 0 Å². The Morgan fingerprint density at radius 2 is 2.00 bits per heavy atom. The maximum absolute atomic E-state index is 13.5. The van der Waals surface area contributed by atoms with Crippen molar-refractivity contribution >= 4 is 11.8 Å². The molecule has 1 aliphatic rings. The highest BCUT2D eigenvalue weighted by atomic mass is 19.2. The lowest BCUT2D eigenvalue weighted by Crippen LogP contribution is -2.14. The van der Waals surface area contributed by atoms with E-state index >= 15 is 0 Å². The molecular weight excluding hydrogens is 226 g/mol. The van der Waals surface area contributed by atoms with Crippen LogP contribution in [-0.2, 0) is 10.3 Å². The number of anilines is 1. The molecular formula is C12H12F2N2O. The summed E-state index contributed by atoms with van der Waals surface area (Å²) < 4.78 is 27.0. The topological polar surface area (TPSA) is 32.7 Å². The average molecular weight is 238 g/mol. The Balaban J connectivity index is 2.54. The van der Waals surface area contributed by atoms with Crippen LogP contribution in [0.15, 0.2) is 17.1 Å². The van der Waals surface area contributed by atoms with Gasteiger partial charge in [0.1, 0.15) is 0 Å². The Hall–Kier alpha value is -1.74. The molecule has 0 aliphatic heterocycles. The Bertz CT molecular complexity index is 503. The van der Waals surface area contributed by atoms with E-state index < -0.39 is 17.2 Å². The highest BCUT2D eigenvalue weighted by Gasteiger charge is 2.45. The first-order chi connectivity index (χ1) is 8.00. The lowest BCUT2D eigenvalue weighted by atomic mass is 10.0. The molecule has 2 rings (SSSR count). The zero-order chi connectivity index (χ0) is 12.6. The van der Waals surface area contributed by atoms with Crippen molar-refractivity contribution in [2.24, 2.45) is 4.99 Å². The van der Waals surface area contributed by atoms with Crippen molar-refractivity contribution in [3.8, 4) is 0 Å². The minimum atomic E-state index is -0.918. The van der Waals surface area contributed by atoms with E-state index in [0.717, 1.165) is 6.07 Å². The van der Waals surface area contributed by atoms with Gasteiger partial charge < -0.3 is 4.90 Å². The molecule has 0 radical (unpaired) electrons. The van der Waals surface area contributed by atoms with Gasteiger partial charge in [-0.15, -0.1) is 0 Å². The van der Waals surface area contributed by atoms with E-state index in [-0.39, 0.29) is 5.69 Å². The number of benzene rings is 1. The van der Waals surface area contributed by atoms with E-state index in [0.29, 0.717) is 18.4 Å². The molecule has 3 nitrogen and oxygen atoms in total. The van der Waals surface area contributed by atoms with Gasteiger partial charge >= 0.3 is 0 Å². The van der Waals surface area contributed by atoms with Crippen molar-refractivity contribution in [3.63, 3.8) is 0 Å². The fourth-order valence-electron chi connectivity index (χ4n) is 1.84. The monoisotopic (exact) mass is 238 g/mol. The number of isocyanates is 1. The van der Waals surface area contributed by atoms with Crippen LogP contribution in [-0.4, -0.2) is 20.2 Å². The van der Waals surface area contributed by atoms with Crippen molar-refractivity contribution in [2.45, 2.75) is 18.4 Å². The summed E-state index contributed by atoms with van der Waals surface area (Å²) in [6, 6.07) is 2.64. The summed E-state index contributed by atoms with van der Waals surface area (Å²) in [5, 5.41) is 0. The van der Waals surface area contributed by atoms with Gasteiger partial charge in [-0.1, -0.05) is 0 Å². The molecule has 1 aromatic carbocycles. The first-order valence-corrected chi connectivity index (χ1v) is 5.26. The summed E-state index contributed by atoms with van der Waals surface area (Å²) in [6.45, 7) is 0. The van der Waals surface area contributed by atoms with Gasteiger partial charge in [0, 0.05) is 14.1 Å². The normalized spacial score (nSPS) is 16.2. The van der Waals surface area contributed by atoms with Crippen LogP contribution in [0.4, 0.5) is 14.5 Å². The van der Waals surface area contributed by atoms with Crippen LogP contribution >= 0.6 is 0 Å². The van der Waals surface area contributed by atoms with Crippen molar-refractivity contribution in [1.82, 2.24) is 0 Å². The average Bonchev–Trinajstić information content (AvgIpc) is 3.03. The predicted octanol–water partition coefficient (Wildman–Crippen LogP) is 2.36. The number of hydrogen-bond acceptors (Lipinski definition) is 3. The number of aliphatic imine (C=N–C) groups is 1. The fourth-order valence-corrected chi connectivity index (χ4v) is 1.84. The second-order valence-corrected chi connectivity index (χ2v) is 4.42. The third kappa shape index (κ3) is 1.94. The minimum Gasteiger partial charge on any atom is -0.375 e. The molecule has 0 amide bonds. The molecule has 0 unspecified atom stereocenters. The van der Waals surface area contributed by atoms with Crippen molar-refractivity contribution < 1.29 is 13.6 Å². The maximum Gasteiger partial charge on any atom is 0.235 e. The summed E-state index contributed by atoms with van der Waals surface area (Å²) in [7, 11) is 3.26. The standard InChI is InChI=1S/C12H12F2N2O/c1-16(2)10-6-8(5-9(13)11(10)14)12(3-4-12)15-7-17/h5-6H,3-4H2,1-2H3. The smallest absolute Gasteiger partial charge is 0.235 e. The summed E-state index contributed by atoms with van der Waals surface area (Å²) in [4.78, 5) is 15.5. The van der Waals surface area contributed by atoms with E-state index in [1.807, 2.05) is 0 Å². The largest absolute Gasteiger partial charge is 0.375 e. The van der Waals surface area contributed by atoms with Crippen molar-refractivity contribution in [2.75, 3.05) is 19.0 Å².